The van der Waals surface area contributed by atoms with Crippen LogP contribution in [0.25, 0.3) is 0 Å². The number of halogens is 1. The van der Waals surface area contributed by atoms with Crippen molar-refractivity contribution in [2.45, 2.75) is 33.5 Å². The molecule has 0 aliphatic carbocycles. The monoisotopic (exact) mass is 391 g/mol. The molecule has 5 heteroatoms. The predicted octanol–water partition coefficient (Wildman–Crippen LogP) is 3.68. The summed E-state index contributed by atoms with van der Waals surface area (Å²) in [6, 6.07) is 6.10. The summed E-state index contributed by atoms with van der Waals surface area (Å²) >= 11 is 2.23. The summed E-state index contributed by atoms with van der Waals surface area (Å²) in [6.45, 7) is 12.0. The van der Waals surface area contributed by atoms with E-state index in [-0.39, 0.29) is 6.09 Å². The molecule has 1 aromatic carbocycles. The lowest BCUT2D eigenvalue weighted by Gasteiger charge is -2.24. The van der Waals surface area contributed by atoms with Crippen molar-refractivity contribution in [3.05, 3.63) is 21.8 Å². The van der Waals surface area contributed by atoms with Gasteiger partial charge in [0, 0.05) is 13.1 Å². The molecule has 0 saturated carbocycles. The molecule has 1 amide bonds. The van der Waals surface area contributed by atoms with E-state index in [0.717, 1.165) is 9.32 Å². The first-order valence-electron chi connectivity index (χ1n) is 6.57. The van der Waals surface area contributed by atoms with Gasteiger partial charge in [-0.25, -0.2) is 4.79 Å². The van der Waals surface area contributed by atoms with E-state index in [0.29, 0.717) is 13.1 Å². The lowest BCUT2D eigenvalue weighted by molar-refractivity contribution is 0.157. The van der Waals surface area contributed by atoms with Crippen molar-refractivity contribution in [3.63, 3.8) is 0 Å². The number of benzene rings is 1. The summed E-state index contributed by atoms with van der Waals surface area (Å²) in [4.78, 5) is 13.8. The van der Waals surface area contributed by atoms with Crippen molar-refractivity contribution in [2.75, 3.05) is 13.1 Å². The van der Waals surface area contributed by atoms with Gasteiger partial charge >= 0.3 is 6.09 Å². The Morgan fingerprint density at radius 3 is 2.32 bits per heavy atom. The van der Waals surface area contributed by atoms with Crippen molar-refractivity contribution >= 4 is 41.9 Å². The summed E-state index contributed by atoms with van der Waals surface area (Å²) in [7, 11) is -1.53. The van der Waals surface area contributed by atoms with Gasteiger partial charge in [-0.1, -0.05) is 31.8 Å². The van der Waals surface area contributed by atoms with Crippen molar-refractivity contribution in [1.29, 1.82) is 0 Å². The Bertz CT molecular complexity index is 453. The van der Waals surface area contributed by atoms with Crippen molar-refractivity contribution in [3.8, 4) is 5.75 Å². The van der Waals surface area contributed by atoms with Crippen LogP contribution in [0.15, 0.2) is 18.2 Å². The minimum atomic E-state index is -1.53. The van der Waals surface area contributed by atoms with Gasteiger partial charge in [-0.3, -0.25) is 0 Å². The molecule has 106 valence electrons. The zero-order valence-corrected chi connectivity index (χ0v) is 15.4. The first kappa shape index (κ1) is 16.5. The third-order valence-corrected chi connectivity index (χ3v) is 5.85. The average molecular weight is 391 g/mol. The maximum Gasteiger partial charge on any atom is 0.415 e. The number of nitrogens with zero attached hydrogens (tertiary/aromatic N) is 1. The van der Waals surface area contributed by atoms with Gasteiger partial charge in [0.2, 0.25) is 0 Å². The van der Waals surface area contributed by atoms with Crippen LogP contribution in [-0.4, -0.2) is 32.2 Å². The van der Waals surface area contributed by atoms with Crippen LogP contribution in [0.4, 0.5) is 4.79 Å². The van der Waals surface area contributed by atoms with E-state index < -0.39 is 8.07 Å². The van der Waals surface area contributed by atoms with E-state index >= 15 is 0 Å². The topological polar surface area (TPSA) is 29.5 Å². The van der Waals surface area contributed by atoms with Crippen molar-refractivity contribution in [2.24, 2.45) is 0 Å². The van der Waals surface area contributed by atoms with Crippen molar-refractivity contribution < 1.29 is 9.53 Å². The maximum absolute atomic E-state index is 12.1. The Balaban J connectivity index is 3.10. The smallest absolute Gasteiger partial charge is 0.409 e. The van der Waals surface area contributed by atoms with E-state index in [1.165, 1.54) is 5.19 Å². The number of ether oxygens (including phenoxy) is 1. The Kier molecular flexibility index (Phi) is 5.85. The molecule has 0 saturated heterocycles. The summed E-state index contributed by atoms with van der Waals surface area (Å²) in [6.07, 6.45) is -0.256. The number of carbonyl (C=O) groups excluding carboxylic acids is 1. The molecular formula is C14H22INO2Si. The molecule has 0 aromatic heterocycles. The highest BCUT2D eigenvalue weighted by atomic mass is 127. The standard InChI is InChI=1S/C14H22INO2Si/c1-6-16(7-2)14(17)18-13-11(15)9-8-10-12(13)19(3,4)5/h8-10H,6-7H2,1-5H3. The normalized spacial score (nSPS) is 11.3. The molecule has 0 aliphatic heterocycles. The Labute approximate surface area is 130 Å². The van der Waals surface area contributed by atoms with Crippen molar-refractivity contribution in [1.82, 2.24) is 4.90 Å². The molecule has 0 heterocycles. The molecule has 0 atom stereocenters. The van der Waals surface area contributed by atoms with Gasteiger partial charge in [-0.2, -0.15) is 0 Å². The molecule has 1 rings (SSSR count). The summed E-state index contributed by atoms with van der Waals surface area (Å²) in [5.74, 6) is 0.749. The second-order valence-corrected chi connectivity index (χ2v) is 11.6. The highest BCUT2D eigenvalue weighted by Gasteiger charge is 2.25. The molecule has 1 aromatic rings. The highest BCUT2D eigenvalue weighted by Crippen LogP contribution is 2.22. The minimum Gasteiger partial charge on any atom is -0.409 e. The third kappa shape index (κ3) is 4.20. The first-order valence-corrected chi connectivity index (χ1v) is 11.1. The molecule has 0 aliphatic rings. The van der Waals surface area contributed by atoms with Gasteiger partial charge < -0.3 is 9.64 Å². The molecule has 3 nitrogen and oxygen atoms in total. The fourth-order valence-corrected chi connectivity index (χ4v) is 4.16. The quantitative estimate of drug-likeness (QED) is 0.579. The maximum atomic E-state index is 12.1. The van der Waals surface area contributed by atoms with Gasteiger partial charge in [0.15, 0.2) is 0 Å². The summed E-state index contributed by atoms with van der Waals surface area (Å²) in [5.41, 5.74) is 0. The van der Waals surface area contributed by atoms with E-state index in [4.69, 9.17) is 4.74 Å². The summed E-state index contributed by atoms with van der Waals surface area (Å²) < 4.78 is 6.66. The zero-order valence-electron chi connectivity index (χ0n) is 12.3. The lowest BCUT2D eigenvalue weighted by atomic mass is 10.3. The number of amides is 1. The Hall–Kier alpha value is -0.563. The van der Waals surface area contributed by atoms with Gasteiger partial charge in [-0.05, 0) is 47.7 Å². The van der Waals surface area contributed by atoms with E-state index in [2.05, 4.69) is 48.3 Å². The van der Waals surface area contributed by atoms with Gasteiger partial charge in [0.25, 0.3) is 0 Å². The fraction of sp³-hybridized carbons (Fsp3) is 0.500. The van der Waals surface area contributed by atoms with Crippen LogP contribution in [0.2, 0.25) is 19.6 Å². The van der Waals surface area contributed by atoms with Crippen LogP contribution in [0.3, 0.4) is 0 Å². The molecule has 0 N–H and O–H groups in total. The van der Waals surface area contributed by atoms with Crippen LogP contribution in [0.1, 0.15) is 13.8 Å². The van der Waals surface area contributed by atoms with E-state index in [9.17, 15) is 4.79 Å². The Morgan fingerprint density at radius 2 is 1.84 bits per heavy atom. The highest BCUT2D eigenvalue weighted by molar-refractivity contribution is 14.1. The second-order valence-electron chi connectivity index (χ2n) is 5.41. The number of hydrogen-bond acceptors (Lipinski definition) is 2. The van der Waals surface area contributed by atoms with Gasteiger partial charge in [0.1, 0.15) is 5.75 Å². The van der Waals surface area contributed by atoms with Gasteiger partial charge in [0.05, 0.1) is 11.6 Å². The fourth-order valence-electron chi connectivity index (χ4n) is 1.84. The minimum absolute atomic E-state index is 0.256. The molecule has 19 heavy (non-hydrogen) atoms. The first-order chi connectivity index (χ1) is 8.81. The number of rotatable bonds is 4. The molecular weight excluding hydrogens is 369 g/mol. The largest absolute Gasteiger partial charge is 0.415 e. The van der Waals surface area contributed by atoms with Crippen LogP contribution in [-0.2, 0) is 0 Å². The van der Waals surface area contributed by atoms with E-state index in [1.54, 1.807) is 4.90 Å². The van der Waals surface area contributed by atoms with Crippen LogP contribution in [0.5, 0.6) is 5.75 Å². The lowest BCUT2D eigenvalue weighted by Crippen LogP contribution is -2.41. The van der Waals surface area contributed by atoms with Crippen LogP contribution >= 0.6 is 22.6 Å². The van der Waals surface area contributed by atoms with Gasteiger partial charge in [-0.15, -0.1) is 0 Å². The average Bonchev–Trinajstić information content (AvgIpc) is 2.32. The molecule has 0 unspecified atom stereocenters. The van der Waals surface area contributed by atoms with E-state index in [1.807, 2.05) is 26.0 Å². The predicted molar refractivity (Wildman–Crippen MR) is 91.1 cm³/mol. The zero-order chi connectivity index (χ0) is 14.6. The van der Waals surface area contributed by atoms with Crippen LogP contribution < -0.4 is 9.92 Å². The second kappa shape index (κ2) is 6.74. The molecule has 0 radical (unpaired) electrons. The third-order valence-electron chi connectivity index (χ3n) is 2.99. The Morgan fingerprint density at radius 1 is 1.26 bits per heavy atom. The number of para-hydroxylation sites is 1. The number of hydrogen-bond donors (Lipinski definition) is 0. The molecule has 0 bridgehead atoms. The summed E-state index contributed by atoms with van der Waals surface area (Å²) in [5, 5.41) is 1.19. The number of carbonyl (C=O) groups is 1. The molecule has 0 fully saturated rings. The van der Waals surface area contributed by atoms with Crippen LogP contribution in [0, 0.1) is 3.57 Å². The SMILES string of the molecule is CCN(CC)C(=O)Oc1c(I)cccc1[Si](C)(C)C. The molecule has 0 spiro atoms.